The van der Waals surface area contributed by atoms with Crippen LogP contribution in [0.5, 0.6) is 0 Å². The van der Waals surface area contributed by atoms with E-state index in [0.717, 1.165) is 37.7 Å². The maximum atomic E-state index is 4.90. The highest BCUT2D eigenvalue weighted by molar-refractivity contribution is 7.10. The number of aryl methyl sites for hydroxylation is 1. The summed E-state index contributed by atoms with van der Waals surface area (Å²) in [7, 11) is 0. The normalized spacial score (nSPS) is 16.4. The number of pyridine rings is 1. The highest BCUT2D eigenvalue weighted by Crippen LogP contribution is 2.28. The molecule has 6 heteroatoms. The molecule has 1 fully saturated rings. The summed E-state index contributed by atoms with van der Waals surface area (Å²) < 4.78 is 0. The SMILES string of the molecule is CCNC(=NCC(c1cccs1)N1CCCC1)NCCc1ccc(C)nc1. The van der Waals surface area contributed by atoms with Crippen molar-refractivity contribution >= 4 is 17.3 Å². The van der Waals surface area contributed by atoms with Gasteiger partial charge in [-0.3, -0.25) is 14.9 Å². The molecular weight excluding hydrogens is 354 g/mol. The maximum Gasteiger partial charge on any atom is 0.191 e. The van der Waals surface area contributed by atoms with Crippen molar-refractivity contribution in [2.45, 2.75) is 39.2 Å². The van der Waals surface area contributed by atoms with E-state index in [4.69, 9.17) is 4.99 Å². The summed E-state index contributed by atoms with van der Waals surface area (Å²) in [5.41, 5.74) is 2.31. The largest absolute Gasteiger partial charge is 0.357 e. The van der Waals surface area contributed by atoms with Gasteiger partial charge in [-0.05, 0) is 69.3 Å². The Kier molecular flexibility index (Phi) is 7.66. The van der Waals surface area contributed by atoms with Crippen molar-refractivity contribution in [3.05, 3.63) is 52.0 Å². The minimum Gasteiger partial charge on any atom is -0.357 e. The van der Waals surface area contributed by atoms with Gasteiger partial charge in [0, 0.05) is 29.9 Å². The Morgan fingerprint density at radius 2 is 2.11 bits per heavy atom. The molecule has 3 heterocycles. The van der Waals surface area contributed by atoms with Gasteiger partial charge in [0.15, 0.2) is 5.96 Å². The number of guanidine groups is 1. The fourth-order valence-corrected chi connectivity index (χ4v) is 4.26. The standard InChI is InChI=1S/C21H31N5S/c1-3-22-21(23-11-10-18-9-8-17(2)24-15-18)25-16-19(20-7-6-14-27-20)26-12-4-5-13-26/h6-9,14-15,19H,3-5,10-13,16H2,1-2H3,(H2,22,23,25). The van der Waals surface area contributed by atoms with Gasteiger partial charge in [-0.2, -0.15) is 0 Å². The van der Waals surface area contributed by atoms with Crippen LogP contribution in [0.15, 0.2) is 40.8 Å². The van der Waals surface area contributed by atoms with Gasteiger partial charge < -0.3 is 10.6 Å². The molecule has 2 aromatic heterocycles. The van der Waals surface area contributed by atoms with Gasteiger partial charge in [0.05, 0.1) is 12.6 Å². The average molecular weight is 386 g/mol. The molecule has 1 saturated heterocycles. The molecule has 1 aliphatic heterocycles. The van der Waals surface area contributed by atoms with E-state index in [1.807, 2.05) is 24.5 Å². The molecular formula is C21H31N5S. The van der Waals surface area contributed by atoms with Crippen molar-refractivity contribution in [1.82, 2.24) is 20.5 Å². The van der Waals surface area contributed by atoms with Crippen molar-refractivity contribution in [1.29, 1.82) is 0 Å². The molecule has 0 radical (unpaired) electrons. The Morgan fingerprint density at radius 3 is 2.78 bits per heavy atom. The first-order valence-corrected chi connectivity index (χ1v) is 10.9. The second-order valence-corrected chi connectivity index (χ2v) is 7.96. The van der Waals surface area contributed by atoms with Crippen LogP contribution in [-0.2, 0) is 6.42 Å². The predicted octanol–water partition coefficient (Wildman–Crippen LogP) is 3.39. The van der Waals surface area contributed by atoms with Gasteiger partial charge in [-0.1, -0.05) is 12.1 Å². The topological polar surface area (TPSA) is 52.6 Å². The molecule has 1 atom stereocenters. The van der Waals surface area contributed by atoms with Gasteiger partial charge in [0.25, 0.3) is 0 Å². The zero-order chi connectivity index (χ0) is 18.9. The van der Waals surface area contributed by atoms with Crippen LogP contribution in [-0.4, -0.2) is 48.6 Å². The number of nitrogens with zero attached hydrogens (tertiary/aromatic N) is 3. The number of hydrogen-bond donors (Lipinski definition) is 2. The minimum absolute atomic E-state index is 0.393. The van der Waals surface area contributed by atoms with Crippen LogP contribution in [0.3, 0.4) is 0 Å². The Morgan fingerprint density at radius 1 is 1.26 bits per heavy atom. The van der Waals surface area contributed by atoms with Crippen LogP contribution in [0.1, 0.15) is 41.9 Å². The van der Waals surface area contributed by atoms with Crippen molar-refractivity contribution in [2.24, 2.45) is 4.99 Å². The van der Waals surface area contributed by atoms with Crippen LogP contribution in [0, 0.1) is 6.92 Å². The van der Waals surface area contributed by atoms with Crippen LogP contribution in [0.25, 0.3) is 0 Å². The molecule has 0 aromatic carbocycles. The second kappa shape index (κ2) is 10.4. The van der Waals surface area contributed by atoms with E-state index in [2.05, 4.69) is 57.1 Å². The summed E-state index contributed by atoms with van der Waals surface area (Å²) in [6.45, 7) is 9.00. The number of nitrogens with one attached hydrogen (secondary N) is 2. The third-order valence-electron chi connectivity index (χ3n) is 4.90. The van der Waals surface area contributed by atoms with E-state index < -0.39 is 0 Å². The molecule has 0 bridgehead atoms. The van der Waals surface area contributed by atoms with Crippen LogP contribution in [0.2, 0.25) is 0 Å². The molecule has 0 amide bonds. The Balaban J connectivity index is 1.58. The van der Waals surface area contributed by atoms with Crippen LogP contribution < -0.4 is 10.6 Å². The molecule has 5 nitrogen and oxygen atoms in total. The molecule has 0 saturated carbocycles. The van der Waals surface area contributed by atoms with E-state index in [-0.39, 0.29) is 0 Å². The lowest BCUT2D eigenvalue weighted by Gasteiger charge is -2.25. The first-order valence-electron chi connectivity index (χ1n) is 9.97. The van der Waals surface area contributed by atoms with Crippen LogP contribution in [0.4, 0.5) is 0 Å². The smallest absolute Gasteiger partial charge is 0.191 e. The quantitative estimate of drug-likeness (QED) is 0.540. The third kappa shape index (κ3) is 6.04. The van der Waals surface area contributed by atoms with Gasteiger partial charge in [0.2, 0.25) is 0 Å². The molecule has 1 unspecified atom stereocenters. The molecule has 3 rings (SSSR count). The van der Waals surface area contributed by atoms with Crippen molar-refractivity contribution < 1.29 is 0 Å². The first-order chi connectivity index (χ1) is 13.3. The Bertz CT molecular complexity index is 690. The first kappa shape index (κ1) is 19.8. The number of aliphatic imine (C=N–C) groups is 1. The third-order valence-corrected chi connectivity index (χ3v) is 5.87. The number of rotatable bonds is 8. The van der Waals surface area contributed by atoms with Gasteiger partial charge in [0.1, 0.15) is 0 Å². The van der Waals surface area contributed by atoms with Gasteiger partial charge >= 0.3 is 0 Å². The highest BCUT2D eigenvalue weighted by Gasteiger charge is 2.24. The van der Waals surface area contributed by atoms with Gasteiger partial charge in [-0.15, -0.1) is 11.3 Å². The zero-order valence-electron chi connectivity index (χ0n) is 16.4. The lowest BCUT2D eigenvalue weighted by molar-refractivity contribution is 0.255. The fourth-order valence-electron chi connectivity index (χ4n) is 3.41. The molecule has 146 valence electrons. The number of hydrogen-bond acceptors (Lipinski definition) is 4. The summed E-state index contributed by atoms with van der Waals surface area (Å²) in [6, 6.07) is 8.99. The summed E-state index contributed by atoms with van der Waals surface area (Å²) >= 11 is 1.84. The highest BCUT2D eigenvalue weighted by atomic mass is 32.1. The van der Waals surface area contributed by atoms with Crippen molar-refractivity contribution in [3.8, 4) is 0 Å². The van der Waals surface area contributed by atoms with Crippen LogP contribution >= 0.6 is 11.3 Å². The predicted molar refractivity (Wildman–Crippen MR) is 115 cm³/mol. The second-order valence-electron chi connectivity index (χ2n) is 6.98. The van der Waals surface area contributed by atoms with Crippen molar-refractivity contribution in [3.63, 3.8) is 0 Å². The fraction of sp³-hybridized carbons (Fsp3) is 0.524. The van der Waals surface area contributed by atoms with Gasteiger partial charge in [-0.25, -0.2) is 0 Å². The van der Waals surface area contributed by atoms with E-state index >= 15 is 0 Å². The number of likely N-dealkylation sites (tertiary alicyclic amines) is 1. The summed E-state index contributed by atoms with van der Waals surface area (Å²) in [5, 5.41) is 9.02. The molecule has 1 aliphatic rings. The molecule has 27 heavy (non-hydrogen) atoms. The van der Waals surface area contributed by atoms with E-state index in [1.54, 1.807) is 0 Å². The minimum atomic E-state index is 0.393. The Labute approximate surface area is 166 Å². The Hall–Kier alpha value is -1.92. The molecule has 2 N–H and O–H groups in total. The maximum absolute atomic E-state index is 4.90. The van der Waals surface area contributed by atoms with Crippen molar-refractivity contribution in [2.75, 3.05) is 32.7 Å². The monoisotopic (exact) mass is 385 g/mol. The molecule has 2 aromatic rings. The van der Waals surface area contributed by atoms with E-state index in [1.165, 1.54) is 36.4 Å². The summed E-state index contributed by atoms with van der Waals surface area (Å²) in [4.78, 5) is 13.3. The van der Waals surface area contributed by atoms with E-state index in [0.29, 0.717) is 6.04 Å². The summed E-state index contributed by atoms with van der Waals surface area (Å²) in [5.74, 6) is 0.901. The van der Waals surface area contributed by atoms with E-state index in [9.17, 15) is 0 Å². The lowest BCUT2D eigenvalue weighted by atomic mass is 10.2. The average Bonchev–Trinajstić information content (AvgIpc) is 3.38. The molecule has 0 aliphatic carbocycles. The number of thiophene rings is 1. The number of aromatic nitrogens is 1. The lowest BCUT2D eigenvalue weighted by Crippen LogP contribution is -2.39. The molecule has 0 spiro atoms. The zero-order valence-corrected chi connectivity index (χ0v) is 17.3. The summed E-state index contributed by atoms with van der Waals surface area (Å²) in [6.07, 6.45) is 5.50.